The number of aromatic carboxylic acids is 1. The quantitative estimate of drug-likeness (QED) is 0.293. The highest BCUT2D eigenvalue weighted by Crippen LogP contribution is 2.36. The first kappa shape index (κ1) is 26.3. The molecule has 184 valence electrons. The zero-order valence-electron chi connectivity index (χ0n) is 19.1. The highest BCUT2D eigenvalue weighted by atomic mass is 79.9. The molecule has 0 bridgehead atoms. The molecule has 3 aromatic rings. The minimum absolute atomic E-state index is 0.168. The van der Waals surface area contributed by atoms with E-state index in [2.05, 4.69) is 20.9 Å². The minimum Gasteiger partial charge on any atom is -0.488 e. The second-order valence-corrected chi connectivity index (χ2v) is 10.6. The number of aliphatic imine (C=N–C) groups is 1. The molecule has 6 nitrogen and oxygen atoms in total. The molecule has 0 atom stereocenters. The van der Waals surface area contributed by atoms with Gasteiger partial charge in [0, 0.05) is 32.7 Å². The van der Waals surface area contributed by atoms with Gasteiger partial charge in [0.2, 0.25) is 0 Å². The van der Waals surface area contributed by atoms with Gasteiger partial charge in [0.25, 0.3) is 5.91 Å². The summed E-state index contributed by atoms with van der Waals surface area (Å²) < 4.78 is 6.86. The van der Waals surface area contributed by atoms with Gasteiger partial charge < -0.3 is 9.84 Å². The number of carbonyl (C=O) groups excluding carboxylic acids is 1. The standard InChI is InChI=1S/C26H19BrCl2N2O4S/c1-14-19(25(33)34)4-3-5-21(14)30-26-31(2)24(32)23(36-26)11-16-10-17(27)7-9-22(16)35-13-15-6-8-18(28)12-20(15)29/h3-12H,13H2,1-2H3,(H,33,34)/b23-11-,30-26?. The Kier molecular flexibility index (Phi) is 8.10. The van der Waals surface area contributed by atoms with E-state index in [1.807, 2.05) is 18.2 Å². The van der Waals surface area contributed by atoms with Gasteiger partial charge in [-0.25, -0.2) is 9.79 Å². The summed E-state index contributed by atoms with van der Waals surface area (Å²) in [6.45, 7) is 1.92. The molecule has 0 radical (unpaired) electrons. The van der Waals surface area contributed by atoms with Gasteiger partial charge in [0.15, 0.2) is 5.17 Å². The number of rotatable bonds is 6. The Balaban J connectivity index is 1.63. The molecule has 0 aliphatic carbocycles. The second kappa shape index (κ2) is 11.1. The molecular weight excluding hydrogens is 587 g/mol. The van der Waals surface area contributed by atoms with Crippen LogP contribution in [0, 0.1) is 6.92 Å². The Labute approximate surface area is 230 Å². The molecule has 1 amide bonds. The van der Waals surface area contributed by atoms with Crippen molar-refractivity contribution in [3.8, 4) is 5.75 Å². The van der Waals surface area contributed by atoms with Crippen LogP contribution in [-0.2, 0) is 11.4 Å². The molecule has 1 fully saturated rings. The minimum atomic E-state index is -1.03. The molecule has 1 heterocycles. The lowest BCUT2D eigenvalue weighted by Gasteiger charge is -2.11. The third kappa shape index (κ3) is 5.78. The average molecular weight is 606 g/mol. The lowest BCUT2D eigenvalue weighted by atomic mass is 10.1. The molecule has 4 rings (SSSR count). The van der Waals surface area contributed by atoms with Crippen LogP contribution in [0.5, 0.6) is 5.75 Å². The van der Waals surface area contributed by atoms with E-state index in [4.69, 9.17) is 27.9 Å². The molecule has 1 aliphatic heterocycles. The molecule has 0 unspecified atom stereocenters. The molecule has 36 heavy (non-hydrogen) atoms. The van der Waals surface area contributed by atoms with Crippen molar-refractivity contribution in [3.63, 3.8) is 0 Å². The molecule has 0 saturated carbocycles. The molecule has 0 spiro atoms. The van der Waals surface area contributed by atoms with Gasteiger partial charge in [0.1, 0.15) is 12.4 Å². The zero-order chi connectivity index (χ0) is 26.0. The van der Waals surface area contributed by atoms with Gasteiger partial charge in [-0.05, 0) is 72.8 Å². The number of likely N-dealkylation sites (N-methyl/N-ethyl adjacent to an activating group) is 1. The van der Waals surface area contributed by atoms with Gasteiger partial charge >= 0.3 is 5.97 Å². The molecule has 10 heteroatoms. The van der Waals surface area contributed by atoms with E-state index in [1.165, 1.54) is 22.7 Å². The van der Waals surface area contributed by atoms with E-state index in [-0.39, 0.29) is 18.1 Å². The van der Waals surface area contributed by atoms with Crippen molar-refractivity contribution in [1.29, 1.82) is 0 Å². The summed E-state index contributed by atoms with van der Waals surface area (Å²) in [5.74, 6) is -0.679. The van der Waals surface area contributed by atoms with Crippen LogP contribution in [0.25, 0.3) is 6.08 Å². The van der Waals surface area contributed by atoms with Gasteiger partial charge in [-0.2, -0.15) is 0 Å². The molecule has 1 aliphatic rings. The van der Waals surface area contributed by atoms with Gasteiger partial charge in [-0.3, -0.25) is 9.69 Å². The topological polar surface area (TPSA) is 79.2 Å². The summed E-state index contributed by atoms with van der Waals surface area (Å²) in [6.07, 6.45) is 1.75. The van der Waals surface area contributed by atoms with Crippen molar-refractivity contribution in [2.75, 3.05) is 7.05 Å². The van der Waals surface area contributed by atoms with Crippen molar-refractivity contribution in [1.82, 2.24) is 4.90 Å². The smallest absolute Gasteiger partial charge is 0.336 e. The predicted molar refractivity (Wildman–Crippen MR) is 149 cm³/mol. The van der Waals surface area contributed by atoms with Crippen molar-refractivity contribution in [2.24, 2.45) is 4.99 Å². The first-order chi connectivity index (χ1) is 17.1. The van der Waals surface area contributed by atoms with Crippen LogP contribution >= 0.6 is 50.9 Å². The van der Waals surface area contributed by atoms with Crippen molar-refractivity contribution >= 4 is 79.7 Å². The third-order valence-corrected chi connectivity index (χ3v) is 7.55. The van der Waals surface area contributed by atoms with Crippen LogP contribution in [-0.4, -0.2) is 34.1 Å². The maximum atomic E-state index is 13.0. The summed E-state index contributed by atoms with van der Waals surface area (Å²) in [5, 5.41) is 10.9. The number of ether oxygens (including phenoxy) is 1. The van der Waals surface area contributed by atoms with Crippen molar-refractivity contribution < 1.29 is 19.4 Å². The molecule has 1 N–H and O–H groups in total. The SMILES string of the molecule is Cc1c(N=C2S/C(=C\c3cc(Br)ccc3OCc3ccc(Cl)cc3Cl)C(=O)N2C)cccc1C(=O)O. The van der Waals surface area contributed by atoms with Crippen LogP contribution in [0.15, 0.2) is 69.0 Å². The number of thioether (sulfide) groups is 1. The fourth-order valence-electron chi connectivity index (χ4n) is 3.43. The zero-order valence-corrected chi connectivity index (χ0v) is 23.0. The number of amidine groups is 1. The number of carboxylic acids is 1. The van der Waals surface area contributed by atoms with Crippen LogP contribution in [0.2, 0.25) is 10.0 Å². The summed E-state index contributed by atoms with van der Waals surface area (Å²) in [7, 11) is 1.63. The Morgan fingerprint density at radius 3 is 2.69 bits per heavy atom. The molecule has 0 aromatic heterocycles. The van der Waals surface area contributed by atoms with Crippen molar-refractivity contribution in [3.05, 3.63) is 96.3 Å². The molecule has 1 saturated heterocycles. The highest BCUT2D eigenvalue weighted by molar-refractivity contribution is 9.10. The van der Waals surface area contributed by atoms with Crippen LogP contribution in [0.4, 0.5) is 5.69 Å². The number of amides is 1. The predicted octanol–water partition coefficient (Wildman–Crippen LogP) is 7.58. The largest absolute Gasteiger partial charge is 0.488 e. The van der Waals surface area contributed by atoms with E-state index in [0.29, 0.717) is 42.7 Å². The number of benzene rings is 3. The first-order valence-electron chi connectivity index (χ1n) is 10.6. The molecule has 3 aromatic carbocycles. The average Bonchev–Trinajstić information content (AvgIpc) is 3.08. The summed E-state index contributed by atoms with van der Waals surface area (Å²) in [6, 6.07) is 15.6. The van der Waals surface area contributed by atoms with Crippen LogP contribution < -0.4 is 4.74 Å². The summed E-state index contributed by atoms with van der Waals surface area (Å²) in [5.41, 5.74) is 2.66. The number of halogens is 3. The normalized spacial score (nSPS) is 15.7. The maximum Gasteiger partial charge on any atom is 0.336 e. The maximum absolute atomic E-state index is 13.0. The fourth-order valence-corrected chi connectivity index (χ4v) is 5.24. The summed E-state index contributed by atoms with van der Waals surface area (Å²) >= 11 is 16.9. The van der Waals surface area contributed by atoms with Gasteiger partial charge in [-0.1, -0.05) is 51.3 Å². The first-order valence-corrected chi connectivity index (χ1v) is 13.0. The number of nitrogens with zero attached hydrogens (tertiary/aromatic N) is 2. The third-order valence-electron chi connectivity index (χ3n) is 5.41. The molecular formula is C26H19BrCl2N2O4S. The van der Waals surface area contributed by atoms with Gasteiger partial charge in [0.05, 0.1) is 16.2 Å². The van der Waals surface area contributed by atoms with Crippen molar-refractivity contribution in [2.45, 2.75) is 13.5 Å². The fraction of sp³-hybridized carbons (Fsp3) is 0.115. The van der Waals surface area contributed by atoms with E-state index >= 15 is 0 Å². The lowest BCUT2D eigenvalue weighted by Crippen LogP contribution is -2.23. The highest BCUT2D eigenvalue weighted by Gasteiger charge is 2.31. The van der Waals surface area contributed by atoms with E-state index in [0.717, 1.165) is 10.0 Å². The van der Waals surface area contributed by atoms with E-state index < -0.39 is 5.97 Å². The van der Waals surface area contributed by atoms with Crippen LogP contribution in [0.1, 0.15) is 27.0 Å². The Hall–Kier alpha value is -2.78. The number of carbonyl (C=O) groups is 2. The lowest BCUT2D eigenvalue weighted by molar-refractivity contribution is -0.121. The van der Waals surface area contributed by atoms with Gasteiger partial charge in [-0.15, -0.1) is 0 Å². The van der Waals surface area contributed by atoms with E-state index in [1.54, 1.807) is 50.4 Å². The Morgan fingerprint density at radius 2 is 1.97 bits per heavy atom. The number of hydrogen-bond acceptors (Lipinski definition) is 5. The Morgan fingerprint density at radius 1 is 1.19 bits per heavy atom. The number of hydrogen-bond donors (Lipinski definition) is 1. The van der Waals surface area contributed by atoms with E-state index in [9.17, 15) is 14.7 Å². The van der Waals surface area contributed by atoms with Crippen LogP contribution in [0.3, 0.4) is 0 Å². The summed E-state index contributed by atoms with van der Waals surface area (Å²) in [4.78, 5) is 30.9. The monoisotopic (exact) mass is 604 g/mol. The Bertz CT molecular complexity index is 1440. The second-order valence-electron chi connectivity index (χ2n) is 7.83. The number of carboxylic acid groups (broad SMARTS) is 1.